The Morgan fingerprint density at radius 2 is 1.30 bits per heavy atom. The van der Waals surface area contributed by atoms with Gasteiger partial charge >= 0.3 is 0 Å². The first-order chi connectivity index (χ1) is 17.9. The number of para-hydroxylation sites is 1. The zero-order chi connectivity index (χ0) is 25.7. The molecular formula is C33H27NO3. The molecule has 6 rings (SSSR count). The maximum absolute atomic E-state index is 14.8. The van der Waals surface area contributed by atoms with E-state index >= 15 is 0 Å². The number of aryl methyl sites for hydroxylation is 2. The highest BCUT2D eigenvalue weighted by atomic mass is 16.3. The molecule has 4 heteroatoms. The van der Waals surface area contributed by atoms with Crippen molar-refractivity contribution < 1.29 is 15.0 Å². The van der Waals surface area contributed by atoms with E-state index in [0.29, 0.717) is 17.7 Å². The summed E-state index contributed by atoms with van der Waals surface area (Å²) in [7, 11) is 0. The minimum Gasteiger partial charge on any atom is -0.508 e. The van der Waals surface area contributed by atoms with Crippen molar-refractivity contribution in [3.8, 4) is 11.5 Å². The molecule has 1 amide bonds. The average molecular weight is 486 g/mol. The van der Waals surface area contributed by atoms with Gasteiger partial charge in [-0.25, -0.2) is 0 Å². The Kier molecular flexibility index (Phi) is 5.27. The van der Waals surface area contributed by atoms with Crippen LogP contribution < -0.4 is 4.90 Å². The third-order valence-electron chi connectivity index (χ3n) is 7.63. The molecule has 5 aromatic rings. The Balaban J connectivity index is 1.61. The second kappa shape index (κ2) is 8.52. The van der Waals surface area contributed by atoms with Crippen LogP contribution in [0.5, 0.6) is 11.5 Å². The molecule has 0 aliphatic carbocycles. The Hall–Kier alpha value is -4.57. The number of hydrogen-bond acceptors (Lipinski definition) is 3. The van der Waals surface area contributed by atoms with E-state index < -0.39 is 5.41 Å². The van der Waals surface area contributed by atoms with E-state index in [1.165, 1.54) is 0 Å². The van der Waals surface area contributed by atoms with Gasteiger partial charge in [0.15, 0.2) is 0 Å². The van der Waals surface area contributed by atoms with Crippen molar-refractivity contribution >= 4 is 22.4 Å². The van der Waals surface area contributed by atoms with Crippen LogP contribution >= 0.6 is 0 Å². The number of phenols is 2. The van der Waals surface area contributed by atoms with E-state index in [9.17, 15) is 15.0 Å². The summed E-state index contributed by atoms with van der Waals surface area (Å²) in [4.78, 5) is 16.7. The summed E-state index contributed by atoms with van der Waals surface area (Å²) >= 11 is 0. The second-order valence-electron chi connectivity index (χ2n) is 9.80. The van der Waals surface area contributed by atoms with Crippen molar-refractivity contribution in [2.24, 2.45) is 0 Å². The van der Waals surface area contributed by atoms with Gasteiger partial charge in [0.25, 0.3) is 0 Å². The Morgan fingerprint density at radius 3 is 1.97 bits per heavy atom. The predicted octanol–water partition coefficient (Wildman–Crippen LogP) is 6.75. The molecule has 0 fully saturated rings. The van der Waals surface area contributed by atoms with Crippen molar-refractivity contribution in [2.45, 2.75) is 25.8 Å². The number of carbonyl (C=O) groups is 1. The van der Waals surface area contributed by atoms with E-state index in [0.717, 1.165) is 38.7 Å². The highest BCUT2D eigenvalue weighted by molar-refractivity contribution is 6.13. The number of benzene rings is 5. The van der Waals surface area contributed by atoms with Crippen molar-refractivity contribution in [2.75, 3.05) is 4.90 Å². The third-order valence-corrected chi connectivity index (χ3v) is 7.63. The quantitative estimate of drug-likeness (QED) is 0.296. The lowest BCUT2D eigenvalue weighted by molar-refractivity contribution is -0.120. The number of fused-ring (bicyclic) bond motifs is 2. The topological polar surface area (TPSA) is 60.8 Å². The summed E-state index contributed by atoms with van der Waals surface area (Å²) in [5.74, 6) is 0.316. The molecule has 0 radical (unpaired) electrons. The van der Waals surface area contributed by atoms with E-state index in [1.807, 2.05) is 85.5 Å². The smallest absolute Gasteiger partial charge is 0.247 e. The molecule has 2 N–H and O–H groups in total. The zero-order valence-electron chi connectivity index (χ0n) is 20.8. The molecule has 0 unspecified atom stereocenters. The molecular weight excluding hydrogens is 458 g/mol. The summed E-state index contributed by atoms with van der Waals surface area (Å²) in [6.07, 6.45) is 0. The standard InChI is InChI=1S/C33H27NO3/c1-21-18-25(14-16-30(21)35)33(26-15-17-31(36)22(2)19-26)28-12-5-6-13-29(28)34(32(33)37)20-24-10-7-9-23-8-3-4-11-27(23)24/h3-19,35-36H,20H2,1-2H3. The van der Waals surface area contributed by atoms with Crippen LogP contribution in [0.2, 0.25) is 0 Å². The van der Waals surface area contributed by atoms with Gasteiger partial charge in [-0.2, -0.15) is 0 Å². The minimum absolute atomic E-state index is 0.0585. The van der Waals surface area contributed by atoms with Crippen molar-refractivity contribution in [3.63, 3.8) is 0 Å². The molecule has 4 nitrogen and oxygen atoms in total. The largest absolute Gasteiger partial charge is 0.508 e. The summed E-state index contributed by atoms with van der Waals surface area (Å²) in [6, 6.07) is 33.1. The van der Waals surface area contributed by atoms with Gasteiger partial charge in [0, 0.05) is 11.3 Å². The summed E-state index contributed by atoms with van der Waals surface area (Å²) in [5.41, 5.74) is 4.65. The normalized spacial score (nSPS) is 14.2. The first-order valence-corrected chi connectivity index (χ1v) is 12.4. The van der Waals surface area contributed by atoms with Gasteiger partial charge < -0.3 is 15.1 Å². The van der Waals surface area contributed by atoms with E-state index in [-0.39, 0.29) is 17.4 Å². The summed E-state index contributed by atoms with van der Waals surface area (Å²) < 4.78 is 0. The molecule has 1 aliphatic rings. The number of nitrogens with zero attached hydrogens (tertiary/aromatic N) is 1. The van der Waals surface area contributed by atoms with Gasteiger partial charge in [0.1, 0.15) is 16.9 Å². The van der Waals surface area contributed by atoms with Crippen LogP contribution in [0.3, 0.4) is 0 Å². The number of aromatic hydroxyl groups is 2. The maximum atomic E-state index is 14.8. The Bertz CT molecular complexity index is 1630. The lowest BCUT2D eigenvalue weighted by Gasteiger charge is -2.31. The van der Waals surface area contributed by atoms with Crippen LogP contribution in [-0.2, 0) is 16.8 Å². The number of anilines is 1. The van der Waals surface area contributed by atoms with Gasteiger partial charge in [-0.1, -0.05) is 84.9 Å². The number of phenolic OH excluding ortho intramolecular Hbond substituents is 2. The van der Waals surface area contributed by atoms with Gasteiger partial charge in [0.05, 0.1) is 6.54 Å². The van der Waals surface area contributed by atoms with Crippen molar-refractivity contribution in [3.05, 3.63) is 137 Å². The molecule has 0 aromatic heterocycles. The van der Waals surface area contributed by atoms with Crippen LogP contribution in [0.1, 0.15) is 33.4 Å². The number of amides is 1. The van der Waals surface area contributed by atoms with Crippen molar-refractivity contribution in [1.82, 2.24) is 0 Å². The Morgan fingerprint density at radius 1 is 0.703 bits per heavy atom. The molecule has 0 saturated heterocycles. The fourth-order valence-corrected chi connectivity index (χ4v) is 5.71. The van der Waals surface area contributed by atoms with Gasteiger partial charge in [0.2, 0.25) is 5.91 Å². The molecule has 0 bridgehead atoms. The SMILES string of the molecule is Cc1cc(C2(c3ccc(O)c(C)c3)C(=O)N(Cc3cccc4ccccc34)c3ccccc32)ccc1O. The predicted molar refractivity (Wildman–Crippen MR) is 147 cm³/mol. The summed E-state index contributed by atoms with van der Waals surface area (Å²) in [5, 5.41) is 22.9. The van der Waals surface area contributed by atoms with Crippen LogP contribution in [0.4, 0.5) is 5.69 Å². The van der Waals surface area contributed by atoms with Crippen molar-refractivity contribution in [1.29, 1.82) is 0 Å². The lowest BCUT2D eigenvalue weighted by Crippen LogP contribution is -2.42. The lowest BCUT2D eigenvalue weighted by atomic mass is 9.69. The van der Waals surface area contributed by atoms with Crippen LogP contribution in [-0.4, -0.2) is 16.1 Å². The zero-order valence-corrected chi connectivity index (χ0v) is 20.8. The molecule has 182 valence electrons. The molecule has 37 heavy (non-hydrogen) atoms. The van der Waals surface area contributed by atoms with E-state index in [2.05, 4.69) is 24.3 Å². The molecule has 1 heterocycles. The highest BCUT2D eigenvalue weighted by Gasteiger charge is 2.53. The average Bonchev–Trinajstić information content (AvgIpc) is 3.16. The van der Waals surface area contributed by atoms with Gasteiger partial charge in [-0.3, -0.25) is 4.79 Å². The van der Waals surface area contributed by atoms with Crippen LogP contribution in [0, 0.1) is 13.8 Å². The summed E-state index contributed by atoms with van der Waals surface area (Å²) in [6.45, 7) is 4.11. The first kappa shape index (κ1) is 22.9. The third kappa shape index (κ3) is 3.40. The van der Waals surface area contributed by atoms with Gasteiger partial charge in [-0.15, -0.1) is 0 Å². The fraction of sp³-hybridized carbons (Fsp3) is 0.121. The minimum atomic E-state index is -1.13. The molecule has 0 spiro atoms. The maximum Gasteiger partial charge on any atom is 0.247 e. The molecule has 0 saturated carbocycles. The fourth-order valence-electron chi connectivity index (χ4n) is 5.71. The monoisotopic (exact) mass is 485 g/mol. The number of rotatable bonds is 4. The van der Waals surface area contributed by atoms with Crippen LogP contribution in [0.25, 0.3) is 10.8 Å². The molecule has 0 atom stereocenters. The molecule has 5 aromatic carbocycles. The first-order valence-electron chi connectivity index (χ1n) is 12.4. The van der Waals surface area contributed by atoms with Crippen LogP contribution in [0.15, 0.2) is 103 Å². The van der Waals surface area contributed by atoms with E-state index in [4.69, 9.17) is 0 Å². The highest BCUT2D eigenvalue weighted by Crippen LogP contribution is 2.52. The Labute approximate surface area is 216 Å². The number of hydrogen-bond donors (Lipinski definition) is 2. The second-order valence-corrected chi connectivity index (χ2v) is 9.80. The van der Waals surface area contributed by atoms with E-state index in [1.54, 1.807) is 12.1 Å². The molecule has 1 aliphatic heterocycles. The van der Waals surface area contributed by atoms with Gasteiger partial charge in [-0.05, 0) is 70.6 Å². The number of carbonyl (C=O) groups excluding carboxylic acids is 1.